The van der Waals surface area contributed by atoms with Crippen LogP contribution in [0.2, 0.25) is 0 Å². The van der Waals surface area contributed by atoms with Gasteiger partial charge in [-0.3, -0.25) is 0 Å². The summed E-state index contributed by atoms with van der Waals surface area (Å²) in [4.78, 5) is 2.21. The van der Waals surface area contributed by atoms with E-state index >= 15 is 0 Å². The quantitative estimate of drug-likeness (QED) is 0.796. The van der Waals surface area contributed by atoms with Crippen LogP contribution in [0.4, 0.5) is 11.4 Å². The molecule has 0 spiro atoms. The van der Waals surface area contributed by atoms with Crippen LogP contribution in [-0.2, 0) is 13.1 Å². The lowest BCUT2D eigenvalue weighted by atomic mass is 10.2. The Balaban J connectivity index is 1.88. The van der Waals surface area contributed by atoms with Gasteiger partial charge in [0.15, 0.2) is 5.82 Å². The van der Waals surface area contributed by atoms with Crippen LogP contribution in [0.3, 0.4) is 0 Å². The summed E-state index contributed by atoms with van der Waals surface area (Å²) in [5.74, 6) is 1.74. The van der Waals surface area contributed by atoms with Crippen molar-refractivity contribution in [2.45, 2.75) is 13.1 Å². The first-order valence-corrected chi connectivity index (χ1v) is 5.83. The fraction of sp³-hybridized carbons (Fsp3) is 0.333. The summed E-state index contributed by atoms with van der Waals surface area (Å²) in [5.41, 5.74) is 7.80. The van der Waals surface area contributed by atoms with Gasteiger partial charge >= 0.3 is 0 Å². The Hall–Kier alpha value is -2.24. The molecule has 1 aromatic carbocycles. The van der Waals surface area contributed by atoms with Crippen LogP contribution in [-0.4, -0.2) is 28.4 Å². The Kier molecular flexibility index (Phi) is 2.55. The van der Waals surface area contributed by atoms with E-state index in [1.165, 1.54) is 0 Å². The molecule has 1 aliphatic heterocycles. The number of ether oxygens (including phenoxy) is 1. The molecule has 0 fully saturated rings. The van der Waals surface area contributed by atoms with E-state index in [2.05, 4.69) is 19.7 Å². The first kappa shape index (κ1) is 10.9. The van der Waals surface area contributed by atoms with Gasteiger partial charge in [-0.2, -0.15) is 0 Å². The first-order chi connectivity index (χ1) is 8.78. The van der Waals surface area contributed by atoms with E-state index in [-0.39, 0.29) is 0 Å². The SMILES string of the molecule is COc1ccc(N2CCn3cnnc3C2)c(N)c1. The van der Waals surface area contributed by atoms with Crippen molar-refractivity contribution in [3.8, 4) is 5.75 Å². The van der Waals surface area contributed by atoms with Gasteiger partial charge in [0, 0.05) is 19.2 Å². The van der Waals surface area contributed by atoms with Crippen molar-refractivity contribution >= 4 is 11.4 Å². The Morgan fingerprint density at radius 2 is 2.22 bits per heavy atom. The van der Waals surface area contributed by atoms with Crippen molar-refractivity contribution in [3.05, 3.63) is 30.4 Å². The predicted octanol–water partition coefficient (Wildman–Crippen LogP) is 0.889. The fourth-order valence-electron chi connectivity index (χ4n) is 2.22. The van der Waals surface area contributed by atoms with Crippen molar-refractivity contribution in [1.82, 2.24) is 14.8 Å². The molecule has 3 rings (SSSR count). The van der Waals surface area contributed by atoms with Crippen LogP contribution in [0.1, 0.15) is 5.82 Å². The molecule has 2 heterocycles. The minimum absolute atomic E-state index is 0.724. The lowest BCUT2D eigenvalue weighted by Gasteiger charge is -2.30. The molecule has 0 aliphatic carbocycles. The number of hydrogen-bond donors (Lipinski definition) is 1. The van der Waals surface area contributed by atoms with Crippen LogP contribution in [0.15, 0.2) is 24.5 Å². The highest BCUT2D eigenvalue weighted by Crippen LogP contribution is 2.29. The van der Waals surface area contributed by atoms with Gasteiger partial charge in [0.25, 0.3) is 0 Å². The van der Waals surface area contributed by atoms with Crippen LogP contribution < -0.4 is 15.4 Å². The number of nitrogen functional groups attached to an aromatic ring is 1. The number of methoxy groups -OCH3 is 1. The predicted molar refractivity (Wildman–Crippen MR) is 68.5 cm³/mol. The lowest BCUT2D eigenvalue weighted by Crippen LogP contribution is -2.34. The van der Waals surface area contributed by atoms with Gasteiger partial charge in [0.2, 0.25) is 0 Å². The maximum Gasteiger partial charge on any atom is 0.152 e. The zero-order valence-electron chi connectivity index (χ0n) is 10.2. The number of rotatable bonds is 2. The summed E-state index contributed by atoms with van der Waals surface area (Å²) < 4.78 is 7.22. The smallest absolute Gasteiger partial charge is 0.152 e. The van der Waals surface area contributed by atoms with E-state index in [1.54, 1.807) is 13.4 Å². The molecule has 0 radical (unpaired) electrons. The molecular weight excluding hydrogens is 230 g/mol. The van der Waals surface area contributed by atoms with Gasteiger partial charge in [-0.1, -0.05) is 0 Å². The molecule has 1 aliphatic rings. The van der Waals surface area contributed by atoms with E-state index in [0.29, 0.717) is 0 Å². The molecule has 0 bridgehead atoms. The monoisotopic (exact) mass is 245 g/mol. The zero-order chi connectivity index (χ0) is 12.5. The van der Waals surface area contributed by atoms with E-state index in [1.807, 2.05) is 18.2 Å². The molecule has 1 aromatic heterocycles. The number of nitrogens with zero attached hydrogens (tertiary/aromatic N) is 4. The Morgan fingerprint density at radius 1 is 1.33 bits per heavy atom. The zero-order valence-corrected chi connectivity index (χ0v) is 10.2. The molecule has 2 aromatic rings. The molecule has 94 valence electrons. The maximum absolute atomic E-state index is 6.06. The lowest BCUT2D eigenvalue weighted by molar-refractivity contribution is 0.415. The molecule has 6 nitrogen and oxygen atoms in total. The highest BCUT2D eigenvalue weighted by Gasteiger charge is 2.19. The average Bonchev–Trinajstić information content (AvgIpc) is 2.85. The summed E-state index contributed by atoms with van der Waals surface area (Å²) in [7, 11) is 1.64. The number of fused-ring (bicyclic) bond motifs is 1. The Morgan fingerprint density at radius 3 is 3.00 bits per heavy atom. The molecule has 0 unspecified atom stereocenters. The summed E-state index contributed by atoms with van der Waals surface area (Å²) >= 11 is 0. The average molecular weight is 245 g/mol. The van der Waals surface area contributed by atoms with Gasteiger partial charge in [-0.25, -0.2) is 0 Å². The van der Waals surface area contributed by atoms with E-state index < -0.39 is 0 Å². The number of anilines is 2. The maximum atomic E-state index is 6.06. The highest BCUT2D eigenvalue weighted by atomic mass is 16.5. The second-order valence-corrected chi connectivity index (χ2v) is 4.29. The van der Waals surface area contributed by atoms with Crippen molar-refractivity contribution in [1.29, 1.82) is 0 Å². The second kappa shape index (κ2) is 4.21. The largest absolute Gasteiger partial charge is 0.497 e. The number of benzene rings is 1. The van der Waals surface area contributed by atoms with Gasteiger partial charge < -0.3 is 19.9 Å². The summed E-state index contributed by atoms with van der Waals surface area (Å²) in [6.07, 6.45) is 1.77. The van der Waals surface area contributed by atoms with E-state index in [9.17, 15) is 0 Å². The van der Waals surface area contributed by atoms with Crippen LogP contribution in [0.5, 0.6) is 5.75 Å². The van der Waals surface area contributed by atoms with Crippen molar-refractivity contribution in [3.63, 3.8) is 0 Å². The molecular formula is C12H15N5O. The molecule has 0 atom stereocenters. The molecule has 0 saturated carbocycles. The number of aromatic nitrogens is 3. The van der Waals surface area contributed by atoms with Crippen molar-refractivity contribution < 1.29 is 4.74 Å². The summed E-state index contributed by atoms with van der Waals surface area (Å²) in [6.45, 7) is 2.52. The minimum Gasteiger partial charge on any atom is -0.497 e. The van der Waals surface area contributed by atoms with Gasteiger partial charge in [-0.15, -0.1) is 10.2 Å². The number of hydrogen-bond acceptors (Lipinski definition) is 5. The third kappa shape index (κ3) is 1.75. The van der Waals surface area contributed by atoms with Gasteiger partial charge in [-0.05, 0) is 12.1 Å². The number of nitrogens with two attached hydrogens (primary N) is 1. The topological polar surface area (TPSA) is 69.2 Å². The second-order valence-electron chi connectivity index (χ2n) is 4.29. The van der Waals surface area contributed by atoms with Gasteiger partial charge in [0.05, 0.1) is 25.0 Å². The molecule has 18 heavy (non-hydrogen) atoms. The Labute approximate surface area is 105 Å². The minimum atomic E-state index is 0.724. The standard InChI is InChI=1S/C12H15N5O/c1-18-9-2-3-11(10(13)6-9)16-4-5-17-8-14-15-12(17)7-16/h2-3,6,8H,4-5,7,13H2,1H3. The van der Waals surface area contributed by atoms with Crippen LogP contribution >= 0.6 is 0 Å². The third-order valence-electron chi connectivity index (χ3n) is 3.21. The first-order valence-electron chi connectivity index (χ1n) is 5.83. The van der Waals surface area contributed by atoms with Crippen molar-refractivity contribution in [2.75, 3.05) is 24.3 Å². The Bertz CT molecular complexity index is 565. The molecule has 6 heteroatoms. The molecule has 0 saturated heterocycles. The normalized spacial score (nSPS) is 14.4. The van der Waals surface area contributed by atoms with E-state index in [4.69, 9.17) is 10.5 Å². The van der Waals surface area contributed by atoms with E-state index in [0.717, 1.165) is 42.6 Å². The van der Waals surface area contributed by atoms with Gasteiger partial charge in [0.1, 0.15) is 12.1 Å². The molecule has 2 N–H and O–H groups in total. The molecule has 0 amide bonds. The third-order valence-corrected chi connectivity index (χ3v) is 3.21. The summed E-state index contributed by atoms with van der Waals surface area (Å²) in [5, 5.41) is 8.02. The van der Waals surface area contributed by atoms with Crippen LogP contribution in [0, 0.1) is 0 Å². The fourth-order valence-corrected chi connectivity index (χ4v) is 2.22. The van der Waals surface area contributed by atoms with Crippen LogP contribution in [0.25, 0.3) is 0 Å². The van der Waals surface area contributed by atoms with Crippen molar-refractivity contribution in [2.24, 2.45) is 0 Å². The summed E-state index contributed by atoms with van der Waals surface area (Å²) in [6, 6.07) is 5.75. The highest BCUT2D eigenvalue weighted by molar-refractivity contribution is 5.69.